The summed E-state index contributed by atoms with van der Waals surface area (Å²) in [6.07, 6.45) is 0. The molecular weight excluding hydrogens is 226 g/mol. The van der Waals surface area contributed by atoms with E-state index in [1.165, 1.54) is 0 Å². The van der Waals surface area contributed by atoms with E-state index in [1.54, 1.807) is 7.11 Å². The van der Waals surface area contributed by atoms with Gasteiger partial charge in [0.15, 0.2) is 0 Å². The Balaban J connectivity index is 2.20. The summed E-state index contributed by atoms with van der Waals surface area (Å²) in [5, 5.41) is 0. The third-order valence-electron chi connectivity index (χ3n) is 2.52. The molecule has 0 fully saturated rings. The molecule has 0 bridgehead atoms. The minimum absolute atomic E-state index is 0.577. The number of rotatable bonds is 4. The molecule has 3 nitrogen and oxygen atoms in total. The largest absolute Gasteiger partial charge is 0.457 e. The van der Waals surface area contributed by atoms with E-state index in [9.17, 15) is 0 Å². The van der Waals surface area contributed by atoms with Crippen LogP contribution >= 0.6 is 0 Å². The van der Waals surface area contributed by atoms with Gasteiger partial charge in [0, 0.05) is 18.9 Å². The Morgan fingerprint density at radius 3 is 2.61 bits per heavy atom. The van der Waals surface area contributed by atoms with Gasteiger partial charge in [0.1, 0.15) is 11.5 Å². The summed E-state index contributed by atoms with van der Waals surface area (Å²) in [5.41, 5.74) is 8.66. The van der Waals surface area contributed by atoms with Crippen molar-refractivity contribution in [3.05, 3.63) is 53.6 Å². The second-order valence-corrected chi connectivity index (χ2v) is 4.26. The molecule has 2 rings (SSSR count). The van der Waals surface area contributed by atoms with Crippen LogP contribution in [0.5, 0.6) is 11.5 Å². The number of ether oxygens (including phenoxy) is 2. The van der Waals surface area contributed by atoms with Crippen molar-refractivity contribution in [2.75, 3.05) is 12.8 Å². The predicted molar refractivity (Wildman–Crippen MR) is 72.8 cm³/mol. The van der Waals surface area contributed by atoms with Gasteiger partial charge in [-0.15, -0.1) is 0 Å². The lowest BCUT2D eigenvalue weighted by Gasteiger charge is -2.09. The van der Waals surface area contributed by atoms with Gasteiger partial charge < -0.3 is 15.2 Å². The van der Waals surface area contributed by atoms with Crippen LogP contribution in [0.3, 0.4) is 0 Å². The normalized spacial score (nSPS) is 10.3. The zero-order valence-corrected chi connectivity index (χ0v) is 10.6. The number of benzene rings is 2. The molecule has 0 radical (unpaired) electrons. The van der Waals surface area contributed by atoms with E-state index in [1.807, 2.05) is 49.4 Å². The number of hydrogen-bond acceptors (Lipinski definition) is 3. The molecule has 0 aromatic heterocycles. The maximum atomic E-state index is 5.79. The summed E-state index contributed by atoms with van der Waals surface area (Å²) in [5.74, 6) is 1.54. The summed E-state index contributed by atoms with van der Waals surface area (Å²) in [6.45, 7) is 2.57. The van der Waals surface area contributed by atoms with Gasteiger partial charge in [0.2, 0.25) is 0 Å². The van der Waals surface area contributed by atoms with Crippen LogP contribution in [0.2, 0.25) is 0 Å². The van der Waals surface area contributed by atoms with Crippen LogP contribution in [-0.2, 0) is 11.3 Å². The number of methoxy groups -OCH3 is 1. The zero-order chi connectivity index (χ0) is 13.0. The highest BCUT2D eigenvalue weighted by molar-refractivity contribution is 5.48. The van der Waals surface area contributed by atoms with Gasteiger partial charge in [-0.1, -0.05) is 12.1 Å². The second kappa shape index (κ2) is 5.56. The first-order valence-electron chi connectivity index (χ1n) is 5.80. The van der Waals surface area contributed by atoms with Crippen molar-refractivity contribution in [2.24, 2.45) is 0 Å². The Labute approximate surface area is 107 Å². The molecule has 0 saturated heterocycles. The summed E-state index contributed by atoms with van der Waals surface area (Å²) in [7, 11) is 1.68. The van der Waals surface area contributed by atoms with Gasteiger partial charge >= 0.3 is 0 Å². The maximum Gasteiger partial charge on any atom is 0.129 e. The quantitative estimate of drug-likeness (QED) is 0.836. The minimum Gasteiger partial charge on any atom is -0.457 e. The first kappa shape index (κ1) is 12.5. The first-order chi connectivity index (χ1) is 8.67. The van der Waals surface area contributed by atoms with Gasteiger partial charge in [-0.25, -0.2) is 0 Å². The van der Waals surface area contributed by atoms with Crippen LogP contribution in [0.4, 0.5) is 5.69 Å². The third kappa shape index (κ3) is 3.25. The van der Waals surface area contributed by atoms with Crippen LogP contribution in [0.1, 0.15) is 11.1 Å². The maximum absolute atomic E-state index is 5.79. The second-order valence-electron chi connectivity index (χ2n) is 4.26. The van der Waals surface area contributed by atoms with E-state index in [0.29, 0.717) is 12.3 Å². The molecule has 0 saturated carbocycles. The third-order valence-corrected chi connectivity index (χ3v) is 2.52. The SMILES string of the molecule is COCc1cccc(Oc2cc(C)cc(N)c2)c1. The molecule has 0 aliphatic heterocycles. The van der Waals surface area contributed by atoms with E-state index in [0.717, 1.165) is 22.6 Å². The monoisotopic (exact) mass is 243 g/mol. The van der Waals surface area contributed by atoms with Crippen molar-refractivity contribution in [3.63, 3.8) is 0 Å². The van der Waals surface area contributed by atoms with Crippen LogP contribution in [-0.4, -0.2) is 7.11 Å². The van der Waals surface area contributed by atoms with E-state index >= 15 is 0 Å². The van der Waals surface area contributed by atoms with E-state index < -0.39 is 0 Å². The Kier molecular flexibility index (Phi) is 3.85. The predicted octanol–water partition coefficient (Wildman–Crippen LogP) is 3.52. The Hall–Kier alpha value is -2.00. The van der Waals surface area contributed by atoms with Crippen molar-refractivity contribution in [1.82, 2.24) is 0 Å². The standard InChI is InChI=1S/C15H17NO2/c1-11-6-13(16)9-15(7-11)18-14-5-3-4-12(8-14)10-17-2/h3-9H,10,16H2,1-2H3. The Bertz CT molecular complexity index is 518. The molecule has 2 aromatic rings. The number of nitrogen functional groups attached to an aromatic ring is 1. The van der Waals surface area contributed by atoms with Gasteiger partial charge in [-0.3, -0.25) is 0 Å². The Morgan fingerprint density at radius 1 is 1.06 bits per heavy atom. The molecule has 0 spiro atoms. The van der Waals surface area contributed by atoms with Gasteiger partial charge in [0.05, 0.1) is 6.61 Å². The molecular formula is C15H17NO2. The zero-order valence-electron chi connectivity index (χ0n) is 10.6. The number of anilines is 1. The fourth-order valence-electron chi connectivity index (χ4n) is 1.84. The highest BCUT2D eigenvalue weighted by Crippen LogP contribution is 2.25. The molecule has 0 aliphatic rings. The lowest BCUT2D eigenvalue weighted by molar-refractivity contribution is 0.184. The topological polar surface area (TPSA) is 44.5 Å². The average molecular weight is 243 g/mol. The number of hydrogen-bond donors (Lipinski definition) is 1. The van der Waals surface area contributed by atoms with Gasteiger partial charge in [-0.05, 0) is 42.3 Å². The number of aryl methyl sites for hydroxylation is 1. The molecule has 0 heterocycles. The highest BCUT2D eigenvalue weighted by Gasteiger charge is 2.01. The van der Waals surface area contributed by atoms with Crippen molar-refractivity contribution < 1.29 is 9.47 Å². The fourth-order valence-corrected chi connectivity index (χ4v) is 1.84. The molecule has 2 aromatic carbocycles. The molecule has 18 heavy (non-hydrogen) atoms. The van der Waals surface area contributed by atoms with Crippen LogP contribution in [0, 0.1) is 6.92 Å². The molecule has 0 unspecified atom stereocenters. The molecule has 0 amide bonds. The van der Waals surface area contributed by atoms with Crippen molar-refractivity contribution in [2.45, 2.75) is 13.5 Å². The molecule has 0 atom stereocenters. The van der Waals surface area contributed by atoms with Gasteiger partial charge in [0.25, 0.3) is 0 Å². The smallest absolute Gasteiger partial charge is 0.129 e. The molecule has 94 valence electrons. The number of nitrogens with two attached hydrogens (primary N) is 1. The van der Waals surface area contributed by atoms with Crippen LogP contribution in [0.25, 0.3) is 0 Å². The lowest BCUT2D eigenvalue weighted by Crippen LogP contribution is -1.91. The van der Waals surface area contributed by atoms with Crippen molar-refractivity contribution in [3.8, 4) is 11.5 Å². The van der Waals surface area contributed by atoms with E-state index in [-0.39, 0.29) is 0 Å². The average Bonchev–Trinajstić information content (AvgIpc) is 2.28. The summed E-state index contributed by atoms with van der Waals surface area (Å²) in [4.78, 5) is 0. The lowest BCUT2D eigenvalue weighted by atomic mass is 10.2. The summed E-state index contributed by atoms with van der Waals surface area (Å²) >= 11 is 0. The summed E-state index contributed by atoms with van der Waals surface area (Å²) in [6, 6.07) is 13.5. The van der Waals surface area contributed by atoms with Crippen LogP contribution < -0.4 is 10.5 Å². The molecule has 2 N–H and O–H groups in total. The van der Waals surface area contributed by atoms with Crippen molar-refractivity contribution >= 4 is 5.69 Å². The fraction of sp³-hybridized carbons (Fsp3) is 0.200. The minimum atomic E-state index is 0.577. The highest BCUT2D eigenvalue weighted by atomic mass is 16.5. The molecule has 0 aliphatic carbocycles. The van der Waals surface area contributed by atoms with E-state index in [2.05, 4.69) is 0 Å². The Morgan fingerprint density at radius 2 is 1.89 bits per heavy atom. The van der Waals surface area contributed by atoms with Crippen molar-refractivity contribution in [1.29, 1.82) is 0 Å². The van der Waals surface area contributed by atoms with Crippen LogP contribution in [0.15, 0.2) is 42.5 Å². The van der Waals surface area contributed by atoms with Gasteiger partial charge in [-0.2, -0.15) is 0 Å². The first-order valence-corrected chi connectivity index (χ1v) is 5.80. The van der Waals surface area contributed by atoms with E-state index in [4.69, 9.17) is 15.2 Å². The molecule has 3 heteroatoms. The summed E-state index contributed by atoms with van der Waals surface area (Å²) < 4.78 is 10.9.